The maximum atomic E-state index is 12.9. The van der Waals surface area contributed by atoms with E-state index in [4.69, 9.17) is 0 Å². The summed E-state index contributed by atoms with van der Waals surface area (Å²) in [6.07, 6.45) is 1.35. The maximum absolute atomic E-state index is 12.9. The second-order valence-electron chi connectivity index (χ2n) is 7.02. The number of carbonyl (C=O) groups excluding carboxylic acids is 1. The number of aliphatic hydroxyl groups excluding tert-OH is 1. The molecule has 5 heteroatoms. The molecule has 0 spiro atoms. The SMILES string of the molecule is CC[C@H](CC(=O)N[C@@H](CO)c1ccccc1)P(c1ccccc1)c1ccccc1.[B]. The lowest BCUT2D eigenvalue weighted by molar-refractivity contribution is -0.122. The fourth-order valence-electron chi connectivity index (χ4n) is 3.55. The number of amides is 1. The van der Waals surface area contributed by atoms with Gasteiger partial charge >= 0.3 is 0 Å². The van der Waals surface area contributed by atoms with E-state index in [2.05, 4.69) is 60.8 Å². The van der Waals surface area contributed by atoms with Gasteiger partial charge in [0.2, 0.25) is 5.91 Å². The Morgan fingerprint density at radius 3 is 1.77 bits per heavy atom. The van der Waals surface area contributed by atoms with Crippen molar-refractivity contribution in [3.63, 3.8) is 0 Å². The van der Waals surface area contributed by atoms with Crippen molar-refractivity contribution in [2.24, 2.45) is 0 Å². The Morgan fingerprint density at radius 2 is 1.33 bits per heavy atom. The summed E-state index contributed by atoms with van der Waals surface area (Å²) < 4.78 is 0. The van der Waals surface area contributed by atoms with Gasteiger partial charge in [0, 0.05) is 14.8 Å². The van der Waals surface area contributed by atoms with Crippen LogP contribution in [0.1, 0.15) is 31.4 Å². The van der Waals surface area contributed by atoms with Crippen LogP contribution < -0.4 is 15.9 Å². The van der Waals surface area contributed by atoms with Crippen LogP contribution in [0, 0.1) is 0 Å². The molecule has 3 rings (SSSR count). The molecule has 1 amide bonds. The van der Waals surface area contributed by atoms with Gasteiger partial charge in [0.25, 0.3) is 0 Å². The normalized spacial score (nSPS) is 12.6. The Hall–Kier alpha value is -2.42. The zero-order valence-corrected chi connectivity index (χ0v) is 18.2. The zero-order chi connectivity index (χ0) is 20.5. The molecule has 0 aliphatic carbocycles. The summed E-state index contributed by atoms with van der Waals surface area (Å²) in [5.74, 6) is -0.0147. The van der Waals surface area contributed by atoms with E-state index in [-0.39, 0.29) is 32.6 Å². The molecule has 0 heterocycles. The van der Waals surface area contributed by atoms with E-state index in [0.29, 0.717) is 6.42 Å². The molecule has 0 saturated heterocycles. The van der Waals surface area contributed by atoms with Crippen molar-refractivity contribution in [2.45, 2.75) is 31.5 Å². The summed E-state index contributed by atoms with van der Waals surface area (Å²) in [7, 11) is -0.654. The van der Waals surface area contributed by atoms with Crippen LogP contribution in [-0.4, -0.2) is 31.7 Å². The van der Waals surface area contributed by atoms with E-state index in [1.807, 2.05) is 42.5 Å². The molecule has 2 N–H and O–H groups in total. The number of aliphatic hydroxyl groups is 1. The van der Waals surface area contributed by atoms with Crippen molar-refractivity contribution in [3.8, 4) is 0 Å². The highest BCUT2D eigenvalue weighted by molar-refractivity contribution is 7.73. The number of benzene rings is 3. The fraction of sp³-hybridized carbons (Fsp3) is 0.240. The number of hydrogen-bond acceptors (Lipinski definition) is 2. The number of rotatable bonds is 9. The summed E-state index contributed by atoms with van der Waals surface area (Å²) in [5, 5.41) is 15.4. The van der Waals surface area contributed by atoms with Gasteiger partial charge in [-0.05, 0) is 36.2 Å². The van der Waals surface area contributed by atoms with Crippen LogP contribution in [0.3, 0.4) is 0 Å². The predicted molar refractivity (Wildman–Crippen MR) is 128 cm³/mol. The van der Waals surface area contributed by atoms with Crippen LogP contribution in [0.2, 0.25) is 0 Å². The summed E-state index contributed by atoms with van der Waals surface area (Å²) in [6, 6.07) is 30.2. The van der Waals surface area contributed by atoms with Crippen molar-refractivity contribution < 1.29 is 9.90 Å². The average molecular weight is 416 g/mol. The molecule has 0 unspecified atom stereocenters. The smallest absolute Gasteiger partial charge is 0.221 e. The van der Waals surface area contributed by atoms with Crippen LogP contribution in [0.15, 0.2) is 91.0 Å². The third-order valence-corrected chi connectivity index (χ3v) is 8.03. The van der Waals surface area contributed by atoms with Gasteiger partial charge in [0.15, 0.2) is 0 Å². The molecule has 30 heavy (non-hydrogen) atoms. The van der Waals surface area contributed by atoms with Gasteiger partial charge in [0.05, 0.1) is 12.6 Å². The summed E-state index contributed by atoms with van der Waals surface area (Å²) in [6.45, 7) is 2.04. The predicted octanol–water partition coefficient (Wildman–Crippen LogP) is 3.76. The average Bonchev–Trinajstić information content (AvgIpc) is 2.79. The topological polar surface area (TPSA) is 49.3 Å². The third-order valence-electron chi connectivity index (χ3n) is 5.05. The molecule has 2 atom stereocenters. The lowest BCUT2D eigenvalue weighted by Crippen LogP contribution is -2.34. The van der Waals surface area contributed by atoms with Gasteiger partial charge in [0.1, 0.15) is 0 Å². The van der Waals surface area contributed by atoms with Crippen LogP contribution >= 0.6 is 7.92 Å². The second kappa shape index (κ2) is 12.3. The molecule has 3 aromatic carbocycles. The highest BCUT2D eigenvalue weighted by Gasteiger charge is 2.26. The molecule has 0 fully saturated rings. The number of nitrogens with one attached hydrogen (secondary N) is 1. The second-order valence-corrected chi connectivity index (χ2v) is 9.52. The minimum atomic E-state index is -0.654. The Morgan fingerprint density at radius 1 is 0.867 bits per heavy atom. The van der Waals surface area contributed by atoms with E-state index in [1.54, 1.807) is 0 Å². The first-order chi connectivity index (χ1) is 14.2. The Labute approximate surface area is 182 Å². The molecule has 0 aliphatic rings. The van der Waals surface area contributed by atoms with Crippen molar-refractivity contribution in [1.29, 1.82) is 0 Å². The maximum Gasteiger partial charge on any atom is 0.221 e. The van der Waals surface area contributed by atoms with E-state index < -0.39 is 7.92 Å². The molecule has 3 aromatic rings. The first-order valence-electron chi connectivity index (χ1n) is 10.1. The zero-order valence-electron chi connectivity index (χ0n) is 17.3. The lowest BCUT2D eigenvalue weighted by atomic mass is 10.1. The van der Waals surface area contributed by atoms with Gasteiger partial charge in [-0.15, -0.1) is 0 Å². The Bertz CT molecular complexity index is 838. The van der Waals surface area contributed by atoms with E-state index in [1.165, 1.54) is 10.6 Å². The minimum Gasteiger partial charge on any atom is -0.394 e. The highest BCUT2D eigenvalue weighted by Crippen LogP contribution is 2.42. The van der Waals surface area contributed by atoms with Crippen LogP contribution in [0.5, 0.6) is 0 Å². The molecular formula is C25H28BNO2P. The largest absolute Gasteiger partial charge is 0.394 e. The molecule has 3 radical (unpaired) electrons. The number of hydrogen-bond donors (Lipinski definition) is 2. The molecule has 0 aliphatic heterocycles. The quantitative estimate of drug-likeness (QED) is 0.412. The molecular weight excluding hydrogens is 388 g/mol. The summed E-state index contributed by atoms with van der Waals surface area (Å²) in [5.41, 5.74) is 1.15. The van der Waals surface area contributed by atoms with Crippen LogP contribution in [-0.2, 0) is 4.79 Å². The van der Waals surface area contributed by atoms with Crippen molar-refractivity contribution >= 4 is 32.9 Å². The molecule has 153 valence electrons. The summed E-state index contributed by atoms with van der Waals surface area (Å²) >= 11 is 0. The Balaban J connectivity index is 0.00000320. The van der Waals surface area contributed by atoms with Gasteiger partial charge in [-0.1, -0.05) is 97.9 Å². The van der Waals surface area contributed by atoms with E-state index in [0.717, 1.165) is 12.0 Å². The number of carbonyl (C=O) groups is 1. The molecule has 0 aromatic heterocycles. The van der Waals surface area contributed by atoms with Gasteiger partial charge < -0.3 is 10.4 Å². The van der Waals surface area contributed by atoms with Crippen molar-refractivity contribution in [2.75, 3.05) is 6.61 Å². The summed E-state index contributed by atoms with van der Waals surface area (Å²) in [4.78, 5) is 12.9. The highest BCUT2D eigenvalue weighted by atomic mass is 31.1. The molecule has 3 nitrogen and oxygen atoms in total. The minimum absolute atomic E-state index is 0. The standard InChI is InChI=1S/C25H28NO2P.B/c1-2-21(18-25(28)26-24(19-27)20-12-6-3-7-13-20)29(22-14-8-4-9-15-22)23-16-10-5-11-17-23;/h3-17,21,24,27H,2,18-19H2,1H3,(H,26,28);/t21-,24+;/m1./s1. The fourth-order valence-corrected chi connectivity index (χ4v) is 6.39. The van der Waals surface area contributed by atoms with Gasteiger partial charge in [-0.3, -0.25) is 4.79 Å². The van der Waals surface area contributed by atoms with Gasteiger partial charge in [-0.25, -0.2) is 0 Å². The van der Waals surface area contributed by atoms with Crippen LogP contribution in [0.4, 0.5) is 0 Å². The first-order valence-corrected chi connectivity index (χ1v) is 11.5. The van der Waals surface area contributed by atoms with E-state index in [9.17, 15) is 9.90 Å². The van der Waals surface area contributed by atoms with Crippen LogP contribution in [0.25, 0.3) is 0 Å². The monoisotopic (exact) mass is 416 g/mol. The van der Waals surface area contributed by atoms with Crippen molar-refractivity contribution in [3.05, 3.63) is 96.6 Å². The first kappa shape index (κ1) is 23.9. The molecule has 0 bridgehead atoms. The van der Waals surface area contributed by atoms with E-state index >= 15 is 0 Å². The lowest BCUT2D eigenvalue weighted by Gasteiger charge is -2.28. The Kier molecular flexibility index (Phi) is 9.80. The van der Waals surface area contributed by atoms with Gasteiger partial charge in [-0.2, -0.15) is 0 Å². The third kappa shape index (κ3) is 6.29. The van der Waals surface area contributed by atoms with Crippen molar-refractivity contribution in [1.82, 2.24) is 5.32 Å². The molecule has 0 saturated carbocycles.